The first-order valence-electron chi connectivity index (χ1n) is 9.97. The van der Waals surface area contributed by atoms with Crippen LogP contribution in [0.4, 0.5) is 0 Å². The Balaban J connectivity index is 1.53. The molecule has 2 heterocycles. The predicted octanol–water partition coefficient (Wildman–Crippen LogP) is 3.47. The number of rotatable bonds is 9. The van der Waals surface area contributed by atoms with E-state index in [2.05, 4.69) is 22.3 Å². The lowest BCUT2D eigenvalue weighted by molar-refractivity contribution is 0.0903. The van der Waals surface area contributed by atoms with E-state index in [1.165, 1.54) is 11.8 Å². The highest BCUT2D eigenvalue weighted by Crippen LogP contribution is 2.23. The maximum Gasteiger partial charge on any atom is 0.286 e. The number of furan rings is 1. The number of ether oxygens (including phenoxy) is 2. The predicted molar refractivity (Wildman–Crippen MR) is 107 cm³/mol. The fourth-order valence-corrected chi connectivity index (χ4v) is 3.71. The summed E-state index contributed by atoms with van der Waals surface area (Å²) in [4.78, 5) is 14.5. The first-order valence-corrected chi connectivity index (χ1v) is 9.97. The zero-order chi connectivity index (χ0) is 19.8. The second-order valence-corrected chi connectivity index (χ2v) is 7.21. The third-order valence-electron chi connectivity index (χ3n) is 5.11. The second kappa shape index (κ2) is 10.3. The number of hydrogen-bond acceptors (Lipinski definition) is 5. The van der Waals surface area contributed by atoms with Crippen LogP contribution in [0.1, 0.15) is 41.4 Å². The number of hydrogen-bond donors (Lipinski definition) is 1. The fourth-order valence-electron chi connectivity index (χ4n) is 3.71. The monoisotopic (exact) mass is 386 g/mol. The van der Waals surface area contributed by atoms with Crippen LogP contribution >= 0.6 is 0 Å². The van der Waals surface area contributed by atoms with Crippen molar-refractivity contribution in [3.8, 4) is 5.75 Å². The van der Waals surface area contributed by atoms with E-state index in [0.717, 1.165) is 43.8 Å². The standard InChI is InChI=1S/C22H30N2O4/c1-3-27-16-19-12-17(8-9-20(19)26-2)14-24-10-4-6-18(15-24)13-23-22(25)21-7-5-11-28-21/h5,7-9,11-12,18H,3-4,6,10,13-16H2,1-2H3,(H,23,25)/t18-/m0/s1. The summed E-state index contributed by atoms with van der Waals surface area (Å²) in [6.07, 6.45) is 3.79. The van der Waals surface area contributed by atoms with Gasteiger partial charge >= 0.3 is 0 Å². The summed E-state index contributed by atoms with van der Waals surface area (Å²) in [5, 5.41) is 2.99. The molecular formula is C22H30N2O4. The molecule has 0 radical (unpaired) electrons. The van der Waals surface area contributed by atoms with Gasteiger partial charge in [0.2, 0.25) is 0 Å². The lowest BCUT2D eigenvalue weighted by Crippen LogP contribution is -2.40. The number of amides is 1. The first kappa shape index (κ1) is 20.4. The largest absolute Gasteiger partial charge is 0.496 e. The molecule has 0 bridgehead atoms. The third kappa shape index (κ3) is 5.59. The maximum atomic E-state index is 12.1. The molecule has 1 fully saturated rings. The molecule has 1 amide bonds. The number of piperidine rings is 1. The van der Waals surface area contributed by atoms with Gasteiger partial charge in [-0.1, -0.05) is 6.07 Å². The van der Waals surface area contributed by atoms with Gasteiger partial charge in [-0.05, 0) is 62.1 Å². The summed E-state index contributed by atoms with van der Waals surface area (Å²) in [5.74, 6) is 1.55. The molecule has 0 spiro atoms. The molecule has 1 aliphatic heterocycles. The Bertz CT molecular complexity index is 745. The number of methoxy groups -OCH3 is 1. The van der Waals surface area contributed by atoms with Crippen LogP contribution in [0.5, 0.6) is 5.75 Å². The van der Waals surface area contributed by atoms with Crippen LogP contribution in [0.15, 0.2) is 41.0 Å². The van der Waals surface area contributed by atoms with E-state index >= 15 is 0 Å². The lowest BCUT2D eigenvalue weighted by atomic mass is 9.97. The summed E-state index contributed by atoms with van der Waals surface area (Å²) < 4.78 is 16.2. The van der Waals surface area contributed by atoms with Crippen molar-refractivity contribution in [2.45, 2.75) is 32.9 Å². The number of likely N-dealkylation sites (tertiary alicyclic amines) is 1. The average molecular weight is 386 g/mol. The molecule has 1 atom stereocenters. The Morgan fingerprint density at radius 2 is 2.25 bits per heavy atom. The van der Waals surface area contributed by atoms with E-state index < -0.39 is 0 Å². The van der Waals surface area contributed by atoms with Crippen molar-refractivity contribution in [1.29, 1.82) is 0 Å². The minimum absolute atomic E-state index is 0.141. The molecule has 6 heteroatoms. The third-order valence-corrected chi connectivity index (χ3v) is 5.11. The molecule has 1 N–H and O–H groups in total. The molecule has 1 aliphatic rings. The summed E-state index contributed by atoms with van der Waals surface area (Å²) in [6.45, 7) is 6.87. The van der Waals surface area contributed by atoms with Crippen molar-refractivity contribution in [2.75, 3.05) is 33.4 Å². The molecule has 28 heavy (non-hydrogen) atoms. The van der Waals surface area contributed by atoms with Crippen LogP contribution in [0, 0.1) is 5.92 Å². The Kier molecular flexibility index (Phi) is 7.51. The van der Waals surface area contributed by atoms with Crippen molar-refractivity contribution in [3.05, 3.63) is 53.5 Å². The number of nitrogens with zero attached hydrogens (tertiary/aromatic N) is 1. The average Bonchev–Trinajstić information content (AvgIpc) is 3.26. The molecule has 0 aliphatic carbocycles. The van der Waals surface area contributed by atoms with Crippen LogP contribution in [-0.2, 0) is 17.9 Å². The van der Waals surface area contributed by atoms with Crippen molar-refractivity contribution in [3.63, 3.8) is 0 Å². The van der Waals surface area contributed by atoms with Gasteiger partial charge < -0.3 is 19.2 Å². The van der Waals surface area contributed by atoms with Gasteiger partial charge in [-0.25, -0.2) is 0 Å². The summed E-state index contributed by atoms with van der Waals surface area (Å²) >= 11 is 0. The number of nitrogens with one attached hydrogen (secondary N) is 1. The zero-order valence-corrected chi connectivity index (χ0v) is 16.8. The molecule has 6 nitrogen and oxygen atoms in total. The van der Waals surface area contributed by atoms with Gasteiger partial charge in [-0.15, -0.1) is 0 Å². The van der Waals surface area contributed by atoms with Gasteiger partial charge in [0.05, 0.1) is 20.0 Å². The Morgan fingerprint density at radius 3 is 3.00 bits per heavy atom. The van der Waals surface area contributed by atoms with E-state index in [0.29, 0.717) is 31.4 Å². The van der Waals surface area contributed by atoms with E-state index in [-0.39, 0.29) is 5.91 Å². The summed E-state index contributed by atoms with van der Waals surface area (Å²) in [6, 6.07) is 9.74. The van der Waals surface area contributed by atoms with E-state index in [1.54, 1.807) is 19.2 Å². The molecule has 1 aromatic heterocycles. The van der Waals surface area contributed by atoms with E-state index in [4.69, 9.17) is 13.9 Å². The van der Waals surface area contributed by atoms with Crippen molar-refractivity contribution < 1.29 is 18.7 Å². The fraction of sp³-hybridized carbons (Fsp3) is 0.500. The van der Waals surface area contributed by atoms with Crippen molar-refractivity contribution in [1.82, 2.24) is 10.2 Å². The molecule has 0 unspecified atom stereocenters. The highest BCUT2D eigenvalue weighted by Gasteiger charge is 2.21. The molecule has 152 valence electrons. The molecular weight excluding hydrogens is 356 g/mol. The minimum atomic E-state index is -0.141. The summed E-state index contributed by atoms with van der Waals surface area (Å²) in [5.41, 5.74) is 2.34. The minimum Gasteiger partial charge on any atom is -0.496 e. The van der Waals surface area contributed by atoms with Crippen molar-refractivity contribution >= 4 is 5.91 Å². The topological polar surface area (TPSA) is 63.9 Å². The molecule has 2 aromatic rings. The second-order valence-electron chi connectivity index (χ2n) is 7.21. The van der Waals surface area contributed by atoms with Gasteiger partial charge in [0, 0.05) is 31.8 Å². The van der Waals surface area contributed by atoms with Gasteiger partial charge in [-0.3, -0.25) is 9.69 Å². The van der Waals surface area contributed by atoms with Crippen LogP contribution in [0.3, 0.4) is 0 Å². The van der Waals surface area contributed by atoms with Crippen LogP contribution in [0.25, 0.3) is 0 Å². The zero-order valence-electron chi connectivity index (χ0n) is 16.8. The Labute approximate surface area is 166 Å². The quantitative estimate of drug-likeness (QED) is 0.715. The molecule has 0 saturated carbocycles. The van der Waals surface area contributed by atoms with Gasteiger partial charge in [0.1, 0.15) is 5.75 Å². The Hall–Kier alpha value is -2.31. The normalized spacial score (nSPS) is 17.4. The smallest absolute Gasteiger partial charge is 0.286 e. The van der Waals surface area contributed by atoms with Crippen molar-refractivity contribution in [2.24, 2.45) is 5.92 Å². The molecule has 1 aromatic carbocycles. The van der Waals surface area contributed by atoms with Crippen LogP contribution in [-0.4, -0.2) is 44.2 Å². The summed E-state index contributed by atoms with van der Waals surface area (Å²) in [7, 11) is 1.69. The van der Waals surface area contributed by atoms with E-state index in [9.17, 15) is 4.79 Å². The van der Waals surface area contributed by atoms with Gasteiger partial charge in [-0.2, -0.15) is 0 Å². The molecule has 1 saturated heterocycles. The van der Waals surface area contributed by atoms with Gasteiger partial charge in [0.15, 0.2) is 5.76 Å². The van der Waals surface area contributed by atoms with Crippen LogP contribution < -0.4 is 10.1 Å². The van der Waals surface area contributed by atoms with Crippen LogP contribution in [0.2, 0.25) is 0 Å². The number of benzene rings is 1. The molecule has 3 rings (SSSR count). The number of carbonyl (C=O) groups is 1. The SMILES string of the molecule is CCOCc1cc(CN2CCC[C@@H](CNC(=O)c3ccco3)C2)ccc1OC. The van der Waals surface area contributed by atoms with Gasteiger partial charge in [0.25, 0.3) is 5.91 Å². The van der Waals surface area contributed by atoms with E-state index in [1.807, 2.05) is 13.0 Å². The lowest BCUT2D eigenvalue weighted by Gasteiger charge is -2.33. The highest BCUT2D eigenvalue weighted by atomic mass is 16.5. The first-order chi connectivity index (χ1) is 13.7. The number of carbonyl (C=O) groups excluding carboxylic acids is 1. The Morgan fingerprint density at radius 1 is 1.36 bits per heavy atom. The maximum absolute atomic E-state index is 12.1. The highest BCUT2D eigenvalue weighted by molar-refractivity contribution is 5.91.